The van der Waals surface area contributed by atoms with Gasteiger partial charge in [-0.25, -0.2) is 0 Å². The zero-order valence-electron chi connectivity index (χ0n) is 14.0. The predicted molar refractivity (Wildman–Crippen MR) is 89.4 cm³/mol. The van der Waals surface area contributed by atoms with E-state index in [0.29, 0.717) is 19.4 Å². The second-order valence-electron chi connectivity index (χ2n) is 5.57. The van der Waals surface area contributed by atoms with Gasteiger partial charge in [0.2, 0.25) is 5.91 Å². The van der Waals surface area contributed by atoms with Crippen molar-refractivity contribution in [1.29, 1.82) is 0 Å². The molecule has 0 aliphatic carbocycles. The van der Waals surface area contributed by atoms with Gasteiger partial charge in [-0.3, -0.25) is 4.79 Å². The number of nitrogens with zero attached hydrogens (tertiary/aromatic N) is 1. The molecule has 1 N–H and O–H groups in total. The Morgan fingerprint density at radius 2 is 1.61 bits per heavy atom. The minimum Gasteiger partial charge on any atom is -0.396 e. The highest BCUT2D eigenvalue weighted by atomic mass is 32.2. The van der Waals surface area contributed by atoms with Crippen LogP contribution in [0.15, 0.2) is 0 Å². The Morgan fingerprint density at radius 1 is 1.00 bits per heavy atom. The minimum absolute atomic E-state index is 0.0302. The second-order valence-corrected chi connectivity index (χ2v) is 6.73. The molecule has 0 atom stereocenters. The maximum absolute atomic E-state index is 12.0. The van der Waals surface area contributed by atoms with Crippen molar-refractivity contribution in [3.05, 3.63) is 0 Å². The highest BCUT2D eigenvalue weighted by Crippen LogP contribution is 2.30. The van der Waals surface area contributed by atoms with Crippen molar-refractivity contribution in [1.82, 2.24) is 4.90 Å². The fourth-order valence-electron chi connectivity index (χ4n) is 2.31. The van der Waals surface area contributed by atoms with E-state index in [9.17, 15) is 18.0 Å². The van der Waals surface area contributed by atoms with Gasteiger partial charge in [0.1, 0.15) is 0 Å². The third-order valence-electron chi connectivity index (χ3n) is 3.62. The summed E-state index contributed by atoms with van der Waals surface area (Å²) >= 11 is 0.0302. The smallest absolute Gasteiger partial charge is 0.396 e. The van der Waals surface area contributed by atoms with Crippen LogP contribution in [-0.2, 0) is 4.79 Å². The van der Waals surface area contributed by atoms with Crippen LogP contribution in [0.5, 0.6) is 0 Å². The van der Waals surface area contributed by atoms with Crippen LogP contribution in [0.3, 0.4) is 0 Å². The first-order chi connectivity index (χ1) is 10.9. The van der Waals surface area contributed by atoms with Crippen molar-refractivity contribution in [2.75, 3.05) is 25.4 Å². The normalized spacial score (nSPS) is 11.7. The van der Waals surface area contributed by atoms with E-state index in [2.05, 4.69) is 0 Å². The van der Waals surface area contributed by atoms with Gasteiger partial charge >= 0.3 is 5.51 Å². The van der Waals surface area contributed by atoms with Crippen molar-refractivity contribution in [2.24, 2.45) is 0 Å². The van der Waals surface area contributed by atoms with Crippen LogP contribution in [0.2, 0.25) is 0 Å². The fraction of sp³-hybridized carbons (Fsp3) is 0.938. The molecule has 0 aromatic rings. The average Bonchev–Trinajstić information content (AvgIpc) is 2.48. The number of amides is 1. The number of carbonyl (C=O) groups is 1. The summed E-state index contributed by atoms with van der Waals surface area (Å²) in [5.74, 6) is 0.242. The van der Waals surface area contributed by atoms with Gasteiger partial charge in [0.05, 0.1) is 0 Å². The Morgan fingerprint density at radius 3 is 2.22 bits per heavy atom. The third-order valence-corrected chi connectivity index (χ3v) is 4.44. The van der Waals surface area contributed by atoms with Gasteiger partial charge < -0.3 is 10.0 Å². The van der Waals surface area contributed by atoms with Gasteiger partial charge in [-0.2, -0.15) is 13.2 Å². The van der Waals surface area contributed by atoms with E-state index in [0.717, 1.165) is 51.5 Å². The summed E-state index contributed by atoms with van der Waals surface area (Å²) in [7, 11) is 0. The van der Waals surface area contributed by atoms with Crippen LogP contribution >= 0.6 is 11.8 Å². The maximum Gasteiger partial charge on any atom is 0.441 e. The Balaban J connectivity index is 3.61. The number of alkyl halides is 3. The molecule has 0 saturated carbocycles. The molecule has 0 aromatic carbocycles. The third kappa shape index (κ3) is 14.9. The average molecular weight is 357 g/mol. The number of aliphatic hydroxyl groups excluding tert-OH is 1. The van der Waals surface area contributed by atoms with Crippen LogP contribution in [0.25, 0.3) is 0 Å². The highest BCUT2D eigenvalue weighted by Gasteiger charge is 2.27. The summed E-state index contributed by atoms with van der Waals surface area (Å²) in [5, 5.41) is 8.70. The van der Waals surface area contributed by atoms with E-state index in [-0.39, 0.29) is 30.0 Å². The van der Waals surface area contributed by atoms with E-state index in [1.165, 1.54) is 0 Å². The van der Waals surface area contributed by atoms with Gasteiger partial charge in [-0.1, -0.05) is 37.4 Å². The van der Waals surface area contributed by atoms with Crippen LogP contribution < -0.4 is 0 Å². The molecular weight excluding hydrogens is 327 g/mol. The molecule has 138 valence electrons. The number of thioether (sulfide) groups is 1. The number of aliphatic hydroxyl groups is 1. The lowest BCUT2D eigenvalue weighted by Gasteiger charge is -2.20. The monoisotopic (exact) mass is 357 g/mol. The molecule has 0 fully saturated rings. The molecule has 0 spiro atoms. The summed E-state index contributed by atoms with van der Waals surface area (Å²) in [6.45, 7) is 3.63. The molecule has 0 bridgehead atoms. The summed E-state index contributed by atoms with van der Waals surface area (Å²) in [6, 6.07) is 0. The first-order valence-electron chi connectivity index (χ1n) is 8.50. The zero-order chi connectivity index (χ0) is 17.6. The summed E-state index contributed by atoms with van der Waals surface area (Å²) in [6.07, 6.45) is 7.08. The van der Waals surface area contributed by atoms with Gasteiger partial charge in [0, 0.05) is 31.9 Å². The van der Waals surface area contributed by atoms with E-state index in [1.54, 1.807) is 0 Å². The molecule has 0 unspecified atom stereocenters. The molecule has 0 aliphatic rings. The van der Waals surface area contributed by atoms with Crippen molar-refractivity contribution < 1.29 is 23.1 Å². The number of hydrogen-bond donors (Lipinski definition) is 1. The second kappa shape index (κ2) is 14.0. The molecule has 7 heteroatoms. The predicted octanol–water partition coefficient (Wildman–Crippen LogP) is 4.59. The zero-order valence-corrected chi connectivity index (χ0v) is 14.9. The lowest BCUT2D eigenvalue weighted by molar-refractivity contribution is -0.131. The molecule has 0 saturated heterocycles. The van der Waals surface area contributed by atoms with Crippen LogP contribution in [0, 0.1) is 0 Å². The van der Waals surface area contributed by atoms with Gasteiger partial charge in [-0.05, 0) is 32.6 Å². The number of hydrogen-bond acceptors (Lipinski definition) is 3. The van der Waals surface area contributed by atoms with Crippen LogP contribution in [-0.4, -0.2) is 46.9 Å². The number of halogens is 3. The Labute approximate surface area is 142 Å². The van der Waals surface area contributed by atoms with E-state index < -0.39 is 5.51 Å². The molecule has 0 radical (unpaired) electrons. The highest BCUT2D eigenvalue weighted by molar-refractivity contribution is 8.00. The molecule has 0 heterocycles. The van der Waals surface area contributed by atoms with Crippen molar-refractivity contribution in [2.45, 2.75) is 70.2 Å². The van der Waals surface area contributed by atoms with E-state index in [4.69, 9.17) is 5.11 Å². The van der Waals surface area contributed by atoms with Gasteiger partial charge in [0.15, 0.2) is 0 Å². The quantitative estimate of drug-likeness (QED) is 0.462. The summed E-state index contributed by atoms with van der Waals surface area (Å²) < 4.78 is 35.8. The largest absolute Gasteiger partial charge is 0.441 e. The SMILES string of the molecule is CCN(CCCCCCO)C(=O)CCCCCCSC(F)(F)F. The van der Waals surface area contributed by atoms with Crippen molar-refractivity contribution >= 4 is 17.7 Å². The summed E-state index contributed by atoms with van der Waals surface area (Å²) in [4.78, 5) is 13.9. The standard InChI is InChI=1S/C16H30F3NO2S/c1-2-20(12-8-4-5-9-13-21)15(22)11-7-3-6-10-14-23-16(17,18)19/h21H,2-14H2,1H3. The first-order valence-corrected chi connectivity index (χ1v) is 9.48. The lowest BCUT2D eigenvalue weighted by atomic mass is 10.1. The minimum atomic E-state index is -4.13. The molecule has 0 aliphatic heterocycles. The molecular formula is C16H30F3NO2S. The van der Waals surface area contributed by atoms with Crippen LogP contribution in [0.4, 0.5) is 13.2 Å². The summed E-state index contributed by atoms with van der Waals surface area (Å²) in [5.41, 5.74) is -4.13. The molecule has 3 nitrogen and oxygen atoms in total. The van der Waals surface area contributed by atoms with Crippen molar-refractivity contribution in [3.8, 4) is 0 Å². The van der Waals surface area contributed by atoms with Crippen LogP contribution in [0.1, 0.15) is 64.7 Å². The first kappa shape index (κ1) is 22.6. The number of rotatable bonds is 14. The van der Waals surface area contributed by atoms with E-state index in [1.807, 2.05) is 11.8 Å². The van der Waals surface area contributed by atoms with Gasteiger partial charge in [0.25, 0.3) is 0 Å². The van der Waals surface area contributed by atoms with E-state index >= 15 is 0 Å². The number of unbranched alkanes of at least 4 members (excludes halogenated alkanes) is 6. The number of carbonyl (C=O) groups excluding carboxylic acids is 1. The Bertz CT molecular complexity index is 302. The molecule has 1 amide bonds. The van der Waals surface area contributed by atoms with Gasteiger partial charge in [-0.15, -0.1) is 0 Å². The molecule has 23 heavy (non-hydrogen) atoms. The Kier molecular flexibility index (Phi) is 13.7. The van der Waals surface area contributed by atoms with Crippen molar-refractivity contribution in [3.63, 3.8) is 0 Å². The molecule has 0 rings (SSSR count). The maximum atomic E-state index is 12.0. The topological polar surface area (TPSA) is 40.5 Å². The fourth-order valence-corrected chi connectivity index (χ4v) is 2.88. The molecule has 0 aromatic heterocycles. The Hall–Kier alpha value is -0.430. The lowest BCUT2D eigenvalue weighted by Crippen LogP contribution is -2.31.